The minimum absolute atomic E-state index is 0.0443. The highest BCUT2D eigenvalue weighted by molar-refractivity contribution is 8.26. The number of nitrogens with zero attached hydrogens (tertiary/aromatic N) is 4. The first kappa shape index (κ1) is 28.9. The van der Waals surface area contributed by atoms with Crippen LogP contribution < -0.4 is 10.5 Å². The van der Waals surface area contributed by atoms with Crippen molar-refractivity contribution in [1.82, 2.24) is 9.47 Å². The van der Waals surface area contributed by atoms with Crippen molar-refractivity contribution in [2.24, 2.45) is 13.0 Å². The van der Waals surface area contributed by atoms with E-state index in [0.29, 0.717) is 58.8 Å². The van der Waals surface area contributed by atoms with Crippen molar-refractivity contribution < 1.29 is 14.3 Å². The molecule has 10 heteroatoms. The second kappa shape index (κ2) is 13.2. The third-order valence-corrected chi connectivity index (χ3v) is 8.32. The molecule has 1 amide bonds. The van der Waals surface area contributed by atoms with Crippen molar-refractivity contribution in [1.29, 1.82) is 5.26 Å². The number of rotatable bonds is 10. The molecule has 1 atom stereocenters. The van der Waals surface area contributed by atoms with Crippen LogP contribution in [0.25, 0.3) is 6.08 Å². The molecule has 0 spiro atoms. The van der Waals surface area contributed by atoms with Crippen LogP contribution in [0.1, 0.15) is 75.5 Å². The Morgan fingerprint density at radius 3 is 2.65 bits per heavy atom. The van der Waals surface area contributed by atoms with Gasteiger partial charge in [-0.25, -0.2) is 0 Å². The lowest BCUT2D eigenvalue weighted by atomic mass is 9.96. The summed E-state index contributed by atoms with van der Waals surface area (Å²) in [7, 11) is 1.63. The van der Waals surface area contributed by atoms with Gasteiger partial charge in [-0.3, -0.25) is 23.9 Å². The second-order valence-corrected chi connectivity index (χ2v) is 11.2. The average Bonchev–Trinajstić information content (AvgIpc) is 3.15. The number of piperidine rings is 1. The van der Waals surface area contributed by atoms with Crippen LogP contribution in [-0.4, -0.2) is 51.9 Å². The molecule has 2 saturated heterocycles. The number of esters is 1. The number of hydrogen-bond donors (Lipinski definition) is 0. The standard InChI is InChI=1S/C27H36N4O4S2/c1-5-7-8-9-10-14-31-25(33)22(37-27(31)36)15-20-18(3)21(16-28)24(32)29(4)23(20)30-13-11-12-19(17-30)26(34)35-6-2/h15,19H,5-14,17H2,1-4H3/b22-15+. The smallest absolute Gasteiger partial charge is 0.310 e. The summed E-state index contributed by atoms with van der Waals surface area (Å²) in [5.74, 6) is -0.103. The van der Waals surface area contributed by atoms with Gasteiger partial charge in [0.15, 0.2) is 0 Å². The van der Waals surface area contributed by atoms with Gasteiger partial charge in [-0.15, -0.1) is 0 Å². The maximum atomic E-state index is 13.3. The number of anilines is 1. The van der Waals surface area contributed by atoms with E-state index in [-0.39, 0.29) is 23.4 Å². The number of aromatic nitrogens is 1. The summed E-state index contributed by atoms with van der Waals surface area (Å²) in [6.45, 7) is 7.63. The highest BCUT2D eigenvalue weighted by atomic mass is 32.2. The van der Waals surface area contributed by atoms with Gasteiger partial charge in [0, 0.05) is 32.2 Å². The molecule has 2 aliphatic rings. The summed E-state index contributed by atoms with van der Waals surface area (Å²) in [6.07, 6.45) is 8.66. The predicted octanol–water partition coefficient (Wildman–Crippen LogP) is 4.52. The Labute approximate surface area is 228 Å². The van der Waals surface area contributed by atoms with Gasteiger partial charge in [0.2, 0.25) is 0 Å². The van der Waals surface area contributed by atoms with E-state index in [1.165, 1.54) is 22.7 Å². The summed E-state index contributed by atoms with van der Waals surface area (Å²) >= 11 is 6.78. The highest BCUT2D eigenvalue weighted by Gasteiger charge is 2.34. The second-order valence-electron chi connectivity index (χ2n) is 9.50. The molecule has 3 heterocycles. The third-order valence-electron chi connectivity index (χ3n) is 6.94. The molecule has 0 N–H and O–H groups in total. The number of ether oxygens (including phenoxy) is 1. The van der Waals surface area contributed by atoms with Crippen LogP contribution >= 0.6 is 24.0 Å². The van der Waals surface area contributed by atoms with Crippen molar-refractivity contribution in [2.45, 2.75) is 65.7 Å². The summed E-state index contributed by atoms with van der Waals surface area (Å²) < 4.78 is 7.23. The molecule has 0 aromatic carbocycles. The molecule has 0 radical (unpaired) electrons. The predicted molar refractivity (Wildman–Crippen MR) is 151 cm³/mol. The van der Waals surface area contributed by atoms with E-state index in [1.54, 1.807) is 31.9 Å². The molecule has 0 bridgehead atoms. The summed E-state index contributed by atoms with van der Waals surface area (Å²) in [6, 6.07) is 2.03. The Balaban J connectivity index is 1.98. The minimum Gasteiger partial charge on any atom is -0.466 e. The molecular formula is C27H36N4O4S2. The Kier molecular flexibility index (Phi) is 10.4. The third kappa shape index (κ3) is 6.44. The molecular weight excluding hydrogens is 508 g/mol. The van der Waals surface area contributed by atoms with Crippen LogP contribution in [-0.2, 0) is 21.4 Å². The first-order valence-corrected chi connectivity index (χ1v) is 14.3. The normalized spacial score (nSPS) is 19.0. The molecule has 1 unspecified atom stereocenters. The zero-order valence-corrected chi connectivity index (χ0v) is 23.8. The van der Waals surface area contributed by atoms with Gasteiger partial charge in [0.1, 0.15) is 21.8 Å². The van der Waals surface area contributed by atoms with Crippen molar-refractivity contribution in [3.05, 3.63) is 31.9 Å². The summed E-state index contributed by atoms with van der Waals surface area (Å²) in [5, 5.41) is 9.72. The Morgan fingerprint density at radius 1 is 1.24 bits per heavy atom. The maximum Gasteiger partial charge on any atom is 0.310 e. The van der Waals surface area contributed by atoms with E-state index in [4.69, 9.17) is 17.0 Å². The highest BCUT2D eigenvalue weighted by Crippen LogP contribution is 2.36. The Hall–Kier alpha value is -2.64. The molecule has 2 fully saturated rings. The van der Waals surface area contributed by atoms with Crippen molar-refractivity contribution in [3.8, 4) is 6.07 Å². The minimum atomic E-state index is -0.398. The number of amides is 1. The van der Waals surface area contributed by atoms with Gasteiger partial charge in [-0.05, 0) is 44.7 Å². The fourth-order valence-electron chi connectivity index (χ4n) is 4.91. The number of carbonyl (C=O) groups is 2. The fourth-order valence-corrected chi connectivity index (χ4v) is 6.20. The van der Waals surface area contributed by atoms with Gasteiger partial charge in [0.25, 0.3) is 11.5 Å². The van der Waals surface area contributed by atoms with Gasteiger partial charge in [-0.2, -0.15) is 5.26 Å². The zero-order chi connectivity index (χ0) is 27.1. The lowest BCUT2D eigenvalue weighted by Crippen LogP contribution is -2.42. The van der Waals surface area contributed by atoms with Gasteiger partial charge >= 0.3 is 5.97 Å². The first-order valence-electron chi connectivity index (χ1n) is 13.1. The van der Waals surface area contributed by atoms with Crippen molar-refractivity contribution in [2.75, 3.05) is 31.1 Å². The van der Waals surface area contributed by atoms with Gasteiger partial charge in [0.05, 0.1) is 17.4 Å². The quantitative estimate of drug-likeness (QED) is 0.184. The SMILES string of the molecule is CCCCCCCN1C(=O)/C(=C\c2c(C)c(C#N)c(=O)n(C)c2N2CCCC(C(=O)OCC)C2)SC1=S. The maximum absolute atomic E-state index is 13.3. The summed E-state index contributed by atoms with van der Waals surface area (Å²) in [4.78, 5) is 43.0. The molecule has 1 aromatic heterocycles. The fraction of sp³-hybridized carbons (Fsp3) is 0.593. The number of hydrogen-bond acceptors (Lipinski definition) is 8. The van der Waals surface area contributed by atoms with E-state index in [0.717, 1.165) is 32.1 Å². The molecule has 8 nitrogen and oxygen atoms in total. The molecule has 3 rings (SSSR count). The van der Waals surface area contributed by atoms with Crippen LogP contribution in [0.4, 0.5) is 5.82 Å². The van der Waals surface area contributed by atoms with Crippen LogP contribution in [0, 0.1) is 24.2 Å². The van der Waals surface area contributed by atoms with E-state index in [9.17, 15) is 19.6 Å². The number of nitriles is 1. The lowest BCUT2D eigenvalue weighted by molar-refractivity contribution is -0.148. The zero-order valence-electron chi connectivity index (χ0n) is 22.2. The number of unbranched alkanes of at least 4 members (excludes halogenated alkanes) is 4. The Bertz CT molecular complexity index is 1180. The Morgan fingerprint density at radius 2 is 1.97 bits per heavy atom. The van der Waals surface area contributed by atoms with E-state index >= 15 is 0 Å². The van der Waals surface area contributed by atoms with Crippen LogP contribution in [0.5, 0.6) is 0 Å². The first-order chi connectivity index (χ1) is 17.7. The van der Waals surface area contributed by atoms with E-state index in [2.05, 4.69) is 6.92 Å². The number of carbonyl (C=O) groups excluding carboxylic acids is 2. The molecule has 0 saturated carbocycles. The number of thioether (sulfide) groups is 1. The largest absolute Gasteiger partial charge is 0.466 e. The van der Waals surface area contributed by atoms with E-state index < -0.39 is 5.56 Å². The number of pyridine rings is 1. The molecule has 200 valence electrons. The van der Waals surface area contributed by atoms with Crippen LogP contribution in [0.15, 0.2) is 9.70 Å². The average molecular weight is 545 g/mol. The number of thiocarbonyl (C=S) groups is 1. The van der Waals surface area contributed by atoms with Gasteiger partial charge in [-0.1, -0.05) is 56.6 Å². The summed E-state index contributed by atoms with van der Waals surface area (Å²) in [5.41, 5.74) is 0.795. The molecule has 1 aromatic rings. The van der Waals surface area contributed by atoms with Crippen molar-refractivity contribution >= 4 is 52.1 Å². The molecule has 0 aliphatic carbocycles. The van der Waals surface area contributed by atoms with Crippen LogP contribution in [0.2, 0.25) is 0 Å². The monoisotopic (exact) mass is 544 g/mol. The lowest BCUT2D eigenvalue weighted by Gasteiger charge is -2.35. The topological polar surface area (TPSA) is 95.6 Å². The molecule has 2 aliphatic heterocycles. The van der Waals surface area contributed by atoms with Crippen molar-refractivity contribution in [3.63, 3.8) is 0 Å². The van der Waals surface area contributed by atoms with Gasteiger partial charge < -0.3 is 9.64 Å². The molecule has 37 heavy (non-hydrogen) atoms. The van der Waals surface area contributed by atoms with E-state index in [1.807, 2.05) is 11.0 Å². The van der Waals surface area contributed by atoms with Crippen LogP contribution in [0.3, 0.4) is 0 Å².